The third-order valence-corrected chi connectivity index (χ3v) is 3.87. The van der Waals surface area contributed by atoms with E-state index >= 15 is 0 Å². The summed E-state index contributed by atoms with van der Waals surface area (Å²) in [6, 6.07) is 6.41. The molecule has 3 rings (SSSR count). The molecule has 2 N–H and O–H groups in total. The molecule has 1 aromatic rings. The molecular weight excluding hydrogens is 212 g/mol. The average molecular weight is 230 g/mol. The third kappa shape index (κ3) is 1.95. The lowest BCUT2D eigenvalue weighted by atomic mass is 10.1. The SMILES string of the molecule is Cc1cc(C)cc(C(=O)NC2C3CNCC32)c1. The highest BCUT2D eigenvalue weighted by atomic mass is 16.1. The summed E-state index contributed by atoms with van der Waals surface area (Å²) in [5.41, 5.74) is 3.08. The number of rotatable bonds is 2. The van der Waals surface area contributed by atoms with Gasteiger partial charge in [-0.1, -0.05) is 17.2 Å². The average Bonchev–Trinajstić information content (AvgIpc) is 2.73. The van der Waals surface area contributed by atoms with Crippen molar-refractivity contribution < 1.29 is 4.79 Å². The fourth-order valence-corrected chi connectivity index (χ4v) is 2.97. The first-order chi connectivity index (χ1) is 8.15. The van der Waals surface area contributed by atoms with Crippen LogP contribution in [-0.2, 0) is 0 Å². The predicted octanol–water partition coefficient (Wildman–Crippen LogP) is 1.25. The molecule has 0 spiro atoms. The minimum Gasteiger partial charge on any atom is -0.349 e. The summed E-state index contributed by atoms with van der Waals surface area (Å²) >= 11 is 0. The van der Waals surface area contributed by atoms with Crippen LogP contribution in [0.15, 0.2) is 18.2 Å². The second-order valence-corrected chi connectivity index (χ2v) is 5.36. The van der Waals surface area contributed by atoms with Gasteiger partial charge < -0.3 is 10.6 Å². The van der Waals surface area contributed by atoms with Crippen LogP contribution in [0.3, 0.4) is 0 Å². The second-order valence-electron chi connectivity index (χ2n) is 5.36. The van der Waals surface area contributed by atoms with Gasteiger partial charge in [-0.05, 0) is 37.8 Å². The molecule has 1 heterocycles. The summed E-state index contributed by atoms with van der Waals surface area (Å²) in [5, 5.41) is 6.48. The Balaban J connectivity index is 1.69. The summed E-state index contributed by atoms with van der Waals surface area (Å²) in [5.74, 6) is 1.42. The number of nitrogens with one attached hydrogen (secondary N) is 2. The van der Waals surface area contributed by atoms with E-state index in [-0.39, 0.29) is 5.91 Å². The monoisotopic (exact) mass is 230 g/mol. The summed E-state index contributed by atoms with van der Waals surface area (Å²) in [6.45, 7) is 6.17. The lowest BCUT2D eigenvalue weighted by Gasteiger charge is -2.09. The zero-order chi connectivity index (χ0) is 12.0. The Kier molecular flexibility index (Phi) is 2.44. The Morgan fingerprint density at radius 2 is 1.76 bits per heavy atom. The Morgan fingerprint density at radius 3 is 2.35 bits per heavy atom. The lowest BCUT2D eigenvalue weighted by Crippen LogP contribution is -2.32. The number of fused-ring (bicyclic) bond motifs is 1. The van der Waals surface area contributed by atoms with Gasteiger partial charge in [0, 0.05) is 24.7 Å². The number of carbonyl (C=O) groups excluding carboxylic acids is 1. The number of amides is 1. The minimum absolute atomic E-state index is 0.0798. The van der Waals surface area contributed by atoms with Crippen molar-refractivity contribution >= 4 is 5.91 Å². The predicted molar refractivity (Wildman–Crippen MR) is 67.0 cm³/mol. The molecule has 0 bridgehead atoms. The molecule has 1 saturated heterocycles. The van der Waals surface area contributed by atoms with Crippen LogP contribution in [0.5, 0.6) is 0 Å². The van der Waals surface area contributed by atoms with Gasteiger partial charge in [0.15, 0.2) is 0 Å². The quantitative estimate of drug-likeness (QED) is 0.803. The van der Waals surface area contributed by atoms with Crippen LogP contribution in [-0.4, -0.2) is 25.0 Å². The Bertz CT molecular complexity index is 439. The molecule has 2 atom stereocenters. The first-order valence-electron chi connectivity index (χ1n) is 6.25. The van der Waals surface area contributed by atoms with E-state index in [0.29, 0.717) is 17.9 Å². The fraction of sp³-hybridized carbons (Fsp3) is 0.500. The van der Waals surface area contributed by atoms with Crippen molar-refractivity contribution in [1.29, 1.82) is 0 Å². The number of hydrogen-bond acceptors (Lipinski definition) is 2. The van der Waals surface area contributed by atoms with Crippen molar-refractivity contribution in [1.82, 2.24) is 10.6 Å². The number of piperidine rings is 1. The van der Waals surface area contributed by atoms with Crippen molar-refractivity contribution in [3.05, 3.63) is 34.9 Å². The van der Waals surface area contributed by atoms with E-state index in [4.69, 9.17) is 0 Å². The Morgan fingerprint density at radius 1 is 1.18 bits per heavy atom. The maximum absolute atomic E-state index is 12.1. The van der Waals surface area contributed by atoms with Gasteiger partial charge in [0.2, 0.25) is 0 Å². The molecule has 1 aliphatic heterocycles. The van der Waals surface area contributed by atoms with Gasteiger partial charge in [0.05, 0.1) is 0 Å². The van der Waals surface area contributed by atoms with Crippen molar-refractivity contribution in [2.75, 3.05) is 13.1 Å². The van der Waals surface area contributed by atoms with Crippen LogP contribution in [0, 0.1) is 25.7 Å². The molecule has 1 aromatic carbocycles. The smallest absolute Gasteiger partial charge is 0.251 e. The molecule has 2 aliphatic rings. The number of carbonyl (C=O) groups is 1. The highest BCUT2D eigenvalue weighted by molar-refractivity contribution is 5.95. The van der Waals surface area contributed by atoms with Gasteiger partial charge in [0.25, 0.3) is 5.91 Å². The summed E-state index contributed by atoms with van der Waals surface area (Å²) in [6.07, 6.45) is 0. The molecule has 0 radical (unpaired) electrons. The van der Waals surface area contributed by atoms with E-state index in [0.717, 1.165) is 29.8 Å². The van der Waals surface area contributed by atoms with Crippen LogP contribution in [0.4, 0.5) is 0 Å². The van der Waals surface area contributed by atoms with Crippen molar-refractivity contribution in [3.63, 3.8) is 0 Å². The van der Waals surface area contributed by atoms with Gasteiger partial charge in [-0.3, -0.25) is 4.79 Å². The molecule has 3 nitrogen and oxygen atoms in total. The molecule has 17 heavy (non-hydrogen) atoms. The van der Waals surface area contributed by atoms with Crippen molar-refractivity contribution in [2.24, 2.45) is 11.8 Å². The van der Waals surface area contributed by atoms with Crippen LogP contribution in [0.2, 0.25) is 0 Å². The van der Waals surface area contributed by atoms with Crippen LogP contribution in [0.25, 0.3) is 0 Å². The van der Waals surface area contributed by atoms with Gasteiger partial charge >= 0.3 is 0 Å². The molecule has 3 heteroatoms. The van der Waals surface area contributed by atoms with Crippen LogP contribution in [0.1, 0.15) is 21.5 Å². The van der Waals surface area contributed by atoms with E-state index in [2.05, 4.69) is 16.7 Å². The lowest BCUT2D eigenvalue weighted by molar-refractivity contribution is 0.0946. The van der Waals surface area contributed by atoms with E-state index < -0.39 is 0 Å². The first kappa shape index (κ1) is 10.8. The van der Waals surface area contributed by atoms with Crippen LogP contribution >= 0.6 is 0 Å². The highest BCUT2D eigenvalue weighted by Gasteiger charge is 2.53. The Labute approximate surface area is 102 Å². The molecule has 1 saturated carbocycles. The van der Waals surface area contributed by atoms with Gasteiger partial charge in [0.1, 0.15) is 0 Å². The zero-order valence-corrected chi connectivity index (χ0v) is 10.3. The minimum atomic E-state index is 0.0798. The maximum Gasteiger partial charge on any atom is 0.251 e. The fourth-order valence-electron chi connectivity index (χ4n) is 2.97. The van der Waals surface area contributed by atoms with Crippen molar-refractivity contribution in [3.8, 4) is 0 Å². The van der Waals surface area contributed by atoms with Gasteiger partial charge in [-0.25, -0.2) is 0 Å². The Hall–Kier alpha value is -1.35. The molecule has 0 aromatic heterocycles. The van der Waals surface area contributed by atoms with Crippen LogP contribution < -0.4 is 10.6 Å². The third-order valence-electron chi connectivity index (χ3n) is 3.87. The topological polar surface area (TPSA) is 41.1 Å². The zero-order valence-electron chi connectivity index (χ0n) is 10.3. The molecule has 1 aliphatic carbocycles. The molecule has 2 fully saturated rings. The van der Waals surface area contributed by atoms with E-state index in [1.807, 2.05) is 26.0 Å². The molecule has 90 valence electrons. The molecule has 2 unspecified atom stereocenters. The maximum atomic E-state index is 12.1. The van der Waals surface area contributed by atoms with E-state index in [1.165, 1.54) is 0 Å². The number of aryl methyl sites for hydroxylation is 2. The summed E-state index contributed by atoms with van der Waals surface area (Å²) in [7, 11) is 0. The van der Waals surface area contributed by atoms with Crippen molar-refractivity contribution in [2.45, 2.75) is 19.9 Å². The highest BCUT2D eigenvalue weighted by Crippen LogP contribution is 2.41. The number of hydrogen-bond donors (Lipinski definition) is 2. The van der Waals surface area contributed by atoms with Gasteiger partial charge in [-0.15, -0.1) is 0 Å². The standard InChI is InChI=1S/C14H18N2O/c1-8-3-9(2)5-10(4-8)14(17)16-13-11-6-15-7-12(11)13/h3-5,11-13,15H,6-7H2,1-2H3,(H,16,17). The van der Waals surface area contributed by atoms with Gasteiger partial charge in [-0.2, -0.15) is 0 Å². The van der Waals surface area contributed by atoms with E-state index in [1.54, 1.807) is 0 Å². The molecular formula is C14H18N2O. The number of benzene rings is 1. The van der Waals surface area contributed by atoms with E-state index in [9.17, 15) is 4.79 Å². The summed E-state index contributed by atoms with van der Waals surface area (Å²) < 4.78 is 0. The first-order valence-corrected chi connectivity index (χ1v) is 6.25. The largest absolute Gasteiger partial charge is 0.349 e. The normalized spacial score (nSPS) is 29.9. The second kappa shape index (κ2) is 3.84. The molecule has 1 amide bonds. The summed E-state index contributed by atoms with van der Waals surface area (Å²) in [4.78, 5) is 12.1.